The molecule has 1 aliphatic heterocycles. The van der Waals surface area contributed by atoms with E-state index in [9.17, 15) is 4.79 Å². The van der Waals surface area contributed by atoms with Crippen molar-refractivity contribution in [2.75, 3.05) is 18.6 Å². The minimum Gasteiger partial charge on any atom is -0.493 e. The molecule has 0 spiro atoms. The van der Waals surface area contributed by atoms with E-state index in [4.69, 9.17) is 10.5 Å². The van der Waals surface area contributed by atoms with Crippen LogP contribution in [0.3, 0.4) is 0 Å². The van der Waals surface area contributed by atoms with Crippen molar-refractivity contribution in [3.05, 3.63) is 29.3 Å². The number of nitrogens with two attached hydrogens (primary N) is 1. The number of hydrogen-bond donors (Lipinski definition) is 2. The van der Waals surface area contributed by atoms with E-state index in [0.29, 0.717) is 13.0 Å². The highest BCUT2D eigenvalue weighted by Crippen LogP contribution is 2.35. The molecule has 1 aliphatic rings. The summed E-state index contributed by atoms with van der Waals surface area (Å²) in [7, 11) is 0. The lowest BCUT2D eigenvalue weighted by atomic mass is 9.96. The van der Waals surface area contributed by atoms with Crippen molar-refractivity contribution in [2.45, 2.75) is 38.3 Å². The van der Waals surface area contributed by atoms with E-state index < -0.39 is 6.04 Å². The molecule has 0 radical (unpaired) electrons. The third-order valence-electron chi connectivity index (χ3n) is 3.82. The molecule has 1 aromatic rings. The first-order valence-electron chi connectivity index (χ1n) is 7.46. The summed E-state index contributed by atoms with van der Waals surface area (Å²) in [5, 5.41) is 3.08. The van der Waals surface area contributed by atoms with E-state index in [2.05, 4.69) is 18.3 Å². The van der Waals surface area contributed by atoms with E-state index in [1.165, 1.54) is 5.56 Å². The maximum absolute atomic E-state index is 12.2. The van der Waals surface area contributed by atoms with Crippen LogP contribution in [-0.2, 0) is 11.2 Å². The van der Waals surface area contributed by atoms with Crippen LogP contribution in [0, 0.1) is 0 Å². The Kier molecular flexibility index (Phi) is 8.07. The Bertz CT molecular complexity index is 499. The average molecular weight is 345 g/mol. The number of thioether (sulfide) groups is 1. The molecule has 124 valence electrons. The van der Waals surface area contributed by atoms with Crippen LogP contribution in [0.5, 0.6) is 5.75 Å². The van der Waals surface area contributed by atoms with Crippen LogP contribution in [-0.4, -0.2) is 30.6 Å². The molecule has 3 N–H and O–H groups in total. The fourth-order valence-electron chi connectivity index (χ4n) is 2.57. The molecular formula is C16H25ClN2O2S. The number of halogens is 1. The molecule has 0 bridgehead atoms. The first kappa shape index (κ1) is 19.1. The van der Waals surface area contributed by atoms with E-state index in [1.807, 2.05) is 18.4 Å². The molecule has 2 atom stereocenters. The van der Waals surface area contributed by atoms with Gasteiger partial charge in [-0.15, -0.1) is 12.4 Å². The summed E-state index contributed by atoms with van der Waals surface area (Å²) in [4.78, 5) is 12.2. The fourth-order valence-corrected chi connectivity index (χ4v) is 3.06. The van der Waals surface area contributed by atoms with Crippen molar-refractivity contribution in [3.63, 3.8) is 0 Å². The molecule has 0 saturated carbocycles. The summed E-state index contributed by atoms with van der Waals surface area (Å²) >= 11 is 1.71. The Morgan fingerprint density at radius 3 is 3.00 bits per heavy atom. The van der Waals surface area contributed by atoms with Crippen LogP contribution in [0.2, 0.25) is 0 Å². The first-order chi connectivity index (χ1) is 10.2. The number of fused-ring (bicyclic) bond motifs is 1. The largest absolute Gasteiger partial charge is 0.493 e. The second kappa shape index (κ2) is 9.28. The topological polar surface area (TPSA) is 64.3 Å². The Morgan fingerprint density at radius 1 is 1.55 bits per heavy atom. The monoisotopic (exact) mass is 344 g/mol. The second-order valence-corrected chi connectivity index (χ2v) is 6.26. The van der Waals surface area contributed by atoms with Crippen molar-refractivity contribution >= 4 is 30.1 Å². The summed E-state index contributed by atoms with van der Waals surface area (Å²) < 4.78 is 5.80. The van der Waals surface area contributed by atoms with Gasteiger partial charge in [-0.3, -0.25) is 4.79 Å². The molecule has 2 unspecified atom stereocenters. The Hall–Kier alpha value is -0.910. The van der Waals surface area contributed by atoms with Crippen molar-refractivity contribution in [1.29, 1.82) is 0 Å². The SMILES string of the molecule is CCc1cccc2c1OCCC2NC(=O)C(N)CCSC.Cl. The molecule has 1 amide bonds. The summed E-state index contributed by atoms with van der Waals surface area (Å²) in [6, 6.07) is 5.71. The predicted molar refractivity (Wildman–Crippen MR) is 95.0 cm³/mol. The summed E-state index contributed by atoms with van der Waals surface area (Å²) in [6.45, 7) is 2.74. The van der Waals surface area contributed by atoms with E-state index in [0.717, 1.165) is 29.9 Å². The van der Waals surface area contributed by atoms with Crippen molar-refractivity contribution < 1.29 is 9.53 Å². The molecule has 0 aromatic heterocycles. The minimum atomic E-state index is -0.432. The number of carbonyl (C=O) groups excluding carboxylic acids is 1. The van der Waals surface area contributed by atoms with Crippen LogP contribution in [0.25, 0.3) is 0 Å². The van der Waals surface area contributed by atoms with Crippen molar-refractivity contribution in [2.24, 2.45) is 5.73 Å². The van der Waals surface area contributed by atoms with Crippen molar-refractivity contribution in [1.82, 2.24) is 5.32 Å². The molecule has 0 aliphatic carbocycles. The van der Waals surface area contributed by atoms with Gasteiger partial charge >= 0.3 is 0 Å². The van der Waals surface area contributed by atoms with Crippen LogP contribution < -0.4 is 15.8 Å². The van der Waals surface area contributed by atoms with Gasteiger partial charge in [0.05, 0.1) is 18.7 Å². The highest BCUT2D eigenvalue weighted by molar-refractivity contribution is 7.98. The van der Waals surface area contributed by atoms with Crippen LogP contribution in [0.1, 0.15) is 36.9 Å². The molecule has 0 fully saturated rings. The maximum Gasteiger partial charge on any atom is 0.237 e. The Morgan fingerprint density at radius 2 is 2.32 bits per heavy atom. The van der Waals surface area contributed by atoms with Gasteiger partial charge in [-0.1, -0.05) is 25.1 Å². The zero-order valence-corrected chi connectivity index (χ0v) is 14.8. The molecular weight excluding hydrogens is 320 g/mol. The molecule has 1 heterocycles. The van der Waals surface area contributed by atoms with Gasteiger partial charge in [-0.25, -0.2) is 0 Å². The maximum atomic E-state index is 12.2. The number of carbonyl (C=O) groups is 1. The van der Waals surface area contributed by atoms with Gasteiger partial charge in [0, 0.05) is 12.0 Å². The number of ether oxygens (including phenoxy) is 1. The van der Waals surface area contributed by atoms with Crippen LogP contribution in [0.15, 0.2) is 18.2 Å². The van der Waals surface area contributed by atoms with Gasteiger partial charge in [-0.05, 0) is 30.4 Å². The van der Waals surface area contributed by atoms with E-state index >= 15 is 0 Å². The first-order valence-corrected chi connectivity index (χ1v) is 8.86. The van der Waals surface area contributed by atoms with Gasteiger partial charge in [0.2, 0.25) is 5.91 Å². The average Bonchev–Trinajstić information content (AvgIpc) is 2.52. The molecule has 0 saturated heterocycles. The Balaban J connectivity index is 0.00000242. The summed E-state index contributed by atoms with van der Waals surface area (Å²) in [5.74, 6) is 1.77. The number of nitrogens with one attached hydrogen (secondary N) is 1. The minimum absolute atomic E-state index is 0. The van der Waals surface area contributed by atoms with Crippen LogP contribution >= 0.6 is 24.2 Å². The highest BCUT2D eigenvalue weighted by Gasteiger charge is 2.26. The third-order valence-corrected chi connectivity index (χ3v) is 4.47. The Labute approximate surface area is 143 Å². The normalized spacial score (nSPS) is 17.7. The smallest absolute Gasteiger partial charge is 0.237 e. The van der Waals surface area contributed by atoms with Gasteiger partial charge in [0.25, 0.3) is 0 Å². The van der Waals surface area contributed by atoms with Gasteiger partial charge in [0.15, 0.2) is 0 Å². The predicted octanol–water partition coefficient (Wildman–Crippen LogP) is 2.69. The van der Waals surface area contributed by atoms with Gasteiger partial charge in [0.1, 0.15) is 5.75 Å². The lowest BCUT2D eigenvalue weighted by Crippen LogP contribution is -2.43. The molecule has 6 heteroatoms. The summed E-state index contributed by atoms with van der Waals surface area (Å²) in [5.41, 5.74) is 8.21. The number of hydrogen-bond acceptors (Lipinski definition) is 4. The zero-order valence-electron chi connectivity index (χ0n) is 13.1. The molecule has 22 heavy (non-hydrogen) atoms. The lowest BCUT2D eigenvalue weighted by molar-refractivity contribution is -0.123. The van der Waals surface area contributed by atoms with Gasteiger partial charge in [-0.2, -0.15) is 11.8 Å². The number of benzene rings is 1. The standard InChI is InChI=1S/C16H24N2O2S.ClH/c1-3-11-5-4-6-12-14(7-9-20-15(11)12)18-16(19)13(17)8-10-21-2;/h4-6,13-14H,3,7-10,17H2,1-2H3,(H,18,19);1H. The third kappa shape index (κ3) is 4.54. The lowest BCUT2D eigenvalue weighted by Gasteiger charge is -2.29. The summed E-state index contributed by atoms with van der Waals surface area (Å²) in [6.07, 6.45) is 4.45. The zero-order chi connectivity index (χ0) is 15.2. The number of aryl methyl sites for hydroxylation is 1. The molecule has 1 aromatic carbocycles. The molecule has 2 rings (SSSR count). The van der Waals surface area contributed by atoms with Gasteiger partial charge < -0.3 is 15.8 Å². The highest BCUT2D eigenvalue weighted by atomic mass is 35.5. The number of para-hydroxylation sites is 1. The van der Waals surface area contributed by atoms with Crippen LogP contribution in [0.4, 0.5) is 0 Å². The number of amides is 1. The fraction of sp³-hybridized carbons (Fsp3) is 0.562. The second-order valence-electron chi connectivity index (χ2n) is 5.28. The molecule has 4 nitrogen and oxygen atoms in total. The number of rotatable bonds is 6. The van der Waals surface area contributed by atoms with Crippen molar-refractivity contribution in [3.8, 4) is 5.75 Å². The van der Waals surface area contributed by atoms with E-state index in [-0.39, 0.29) is 24.4 Å². The quantitative estimate of drug-likeness (QED) is 0.832. The van der Waals surface area contributed by atoms with E-state index in [1.54, 1.807) is 11.8 Å².